The number of carbonyl (C=O) groups is 1. The van der Waals surface area contributed by atoms with Gasteiger partial charge in [-0.1, -0.05) is 45.9 Å². The van der Waals surface area contributed by atoms with Gasteiger partial charge in [0.2, 0.25) is 0 Å². The van der Waals surface area contributed by atoms with E-state index in [9.17, 15) is 4.79 Å². The number of rotatable bonds is 6. The van der Waals surface area contributed by atoms with E-state index >= 15 is 0 Å². The van der Waals surface area contributed by atoms with Crippen molar-refractivity contribution < 1.29 is 14.3 Å². The minimum Gasteiger partial charge on any atom is -0.493 e. The van der Waals surface area contributed by atoms with E-state index < -0.39 is 0 Å². The molecule has 0 atom stereocenters. The van der Waals surface area contributed by atoms with Crippen LogP contribution in [0.4, 0.5) is 0 Å². The third-order valence-electron chi connectivity index (χ3n) is 5.00. The topological polar surface area (TPSA) is 43.7 Å². The van der Waals surface area contributed by atoms with Gasteiger partial charge in [0, 0.05) is 15.9 Å². The highest BCUT2D eigenvalue weighted by molar-refractivity contribution is 9.10. The fourth-order valence-corrected chi connectivity index (χ4v) is 4.90. The number of halogens is 1. The fourth-order valence-electron chi connectivity index (χ4n) is 3.39. The molecule has 1 aliphatic heterocycles. The Kier molecular flexibility index (Phi) is 6.74. The van der Waals surface area contributed by atoms with Gasteiger partial charge in [0.05, 0.1) is 12.0 Å². The number of nitrogens with zero attached hydrogens (tertiary/aromatic N) is 2. The van der Waals surface area contributed by atoms with Crippen molar-refractivity contribution in [2.24, 2.45) is 0 Å². The van der Waals surface area contributed by atoms with E-state index in [0.29, 0.717) is 27.3 Å². The molecule has 164 valence electrons. The Morgan fingerprint density at radius 1 is 1.03 bits per heavy atom. The molecule has 0 radical (unpaired) electrons. The maximum atomic E-state index is 13.1. The maximum Gasteiger partial charge on any atom is 0.285 e. The van der Waals surface area contributed by atoms with Gasteiger partial charge in [-0.05, 0) is 79.7 Å². The molecule has 2 aromatic carbocycles. The summed E-state index contributed by atoms with van der Waals surface area (Å²) in [6.45, 7) is 4.33. The summed E-state index contributed by atoms with van der Waals surface area (Å²) in [6.07, 6.45) is 1.83. The van der Waals surface area contributed by atoms with Crippen LogP contribution in [-0.4, -0.2) is 22.0 Å². The van der Waals surface area contributed by atoms with Crippen molar-refractivity contribution in [1.82, 2.24) is 4.68 Å². The number of carbonyl (C=O) groups excluding carboxylic acids is 1. The number of benzene rings is 2. The van der Waals surface area contributed by atoms with Crippen LogP contribution < -0.4 is 14.5 Å². The molecule has 0 bridgehead atoms. The Bertz CT molecular complexity index is 1200. The standard InChI is InChI=1S/C24H21BrN2O3S2/c1-15-4-5-16(2)26(15)27-23(28)22(32-24(27)31)13-18-8-11-20(21(12-18)29-3)30-14-17-6-9-19(25)10-7-17/h4-13H,14H2,1-3H3/b22-13-. The summed E-state index contributed by atoms with van der Waals surface area (Å²) in [7, 11) is 1.60. The van der Waals surface area contributed by atoms with Crippen LogP contribution in [-0.2, 0) is 11.4 Å². The first-order valence-electron chi connectivity index (χ1n) is 9.86. The van der Waals surface area contributed by atoms with Crippen LogP contribution in [0.3, 0.4) is 0 Å². The number of hydrogen-bond donors (Lipinski definition) is 0. The Hall–Kier alpha value is -2.55. The lowest BCUT2D eigenvalue weighted by Gasteiger charge is -2.20. The molecule has 0 aliphatic carbocycles. The van der Waals surface area contributed by atoms with Gasteiger partial charge in [-0.2, -0.15) is 5.01 Å². The number of ether oxygens (including phenoxy) is 2. The molecule has 1 aromatic heterocycles. The highest BCUT2D eigenvalue weighted by atomic mass is 79.9. The third kappa shape index (κ3) is 4.62. The van der Waals surface area contributed by atoms with Gasteiger partial charge in [-0.3, -0.25) is 9.47 Å². The molecule has 0 spiro atoms. The Labute approximate surface area is 205 Å². The molecule has 1 saturated heterocycles. The molecule has 0 saturated carbocycles. The van der Waals surface area contributed by atoms with E-state index in [1.807, 2.05) is 79.2 Å². The van der Waals surface area contributed by atoms with Crippen molar-refractivity contribution in [3.05, 3.63) is 86.5 Å². The number of hydrogen-bond acceptors (Lipinski definition) is 5. The number of aryl methyl sites for hydroxylation is 2. The molecule has 1 aliphatic rings. The lowest BCUT2D eigenvalue weighted by atomic mass is 10.2. The molecule has 1 fully saturated rings. The smallest absolute Gasteiger partial charge is 0.285 e. The molecule has 2 heterocycles. The Balaban J connectivity index is 1.54. The van der Waals surface area contributed by atoms with Crippen molar-refractivity contribution in [2.45, 2.75) is 20.5 Å². The molecule has 8 heteroatoms. The average Bonchev–Trinajstić information content (AvgIpc) is 3.24. The monoisotopic (exact) mass is 528 g/mol. The zero-order chi connectivity index (χ0) is 22.8. The summed E-state index contributed by atoms with van der Waals surface area (Å²) in [5.41, 5.74) is 3.79. The highest BCUT2D eigenvalue weighted by Gasteiger charge is 2.34. The normalized spacial score (nSPS) is 15.0. The first-order chi connectivity index (χ1) is 15.4. The number of aromatic nitrogens is 1. The maximum absolute atomic E-state index is 13.1. The largest absolute Gasteiger partial charge is 0.493 e. The predicted molar refractivity (Wildman–Crippen MR) is 137 cm³/mol. The molecule has 3 aromatic rings. The summed E-state index contributed by atoms with van der Waals surface area (Å²) in [5, 5.41) is 1.55. The van der Waals surface area contributed by atoms with Gasteiger partial charge in [0.25, 0.3) is 5.91 Å². The van der Waals surface area contributed by atoms with Gasteiger partial charge in [-0.25, -0.2) is 0 Å². The van der Waals surface area contributed by atoms with Crippen molar-refractivity contribution >= 4 is 56.2 Å². The highest BCUT2D eigenvalue weighted by Crippen LogP contribution is 2.35. The van der Waals surface area contributed by atoms with Crippen molar-refractivity contribution in [3.8, 4) is 11.5 Å². The summed E-state index contributed by atoms with van der Waals surface area (Å²) < 4.78 is 14.8. The number of thioether (sulfide) groups is 1. The summed E-state index contributed by atoms with van der Waals surface area (Å²) in [5.74, 6) is 1.10. The first kappa shape index (κ1) is 22.6. The van der Waals surface area contributed by atoms with Gasteiger partial charge in [0.15, 0.2) is 15.8 Å². The number of thiocarbonyl (C=S) groups is 1. The fraction of sp³-hybridized carbons (Fsp3) is 0.167. The summed E-state index contributed by atoms with van der Waals surface area (Å²) in [6, 6.07) is 17.5. The molecule has 0 unspecified atom stereocenters. The van der Waals surface area contributed by atoms with Crippen LogP contribution in [0.25, 0.3) is 6.08 Å². The lowest BCUT2D eigenvalue weighted by Crippen LogP contribution is -2.39. The molecule has 4 rings (SSSR count). The van der Waals surface area contributed by atoms with Gasteiger partial charge < -0.3 is 9.47 Å². The van der Waals surface area contributed by atoms with E-state index in [0.717, 1.165) is 27.0 Å². The molecule has 5 nitrogen and oxygen atoms in total. The van der Waals surface area contributed by atoms with Crippen LogP contribution in [0, 0.1) is 13.8 Å². The van der Waals surface area contributed by atoms with Crippen LogP contribution in [0.5, 0.6) is 11.5 Å². The second-order valence-electron chi connectivity index (χ2n) is 7.25. The Morgan fingerprint density at radius 3 is 2.38 bits per heavy atom. The Morgan fingerprint density at radius 2 is 1.72 bits per heavy atom. The van der Waals surface area contributed by atoms with Crippen LogP contribution in [0.2, 0.25) is 0 Å². The van der Waals surface area contributed by atoms with Crippen LogP contribution in [0.15, 0.2) is 64.0 Å². The average molecular weight is 529 g/mol. The van der Waals surface area contributed by atoms with Crippen LogP contribution >= 0.6 is 39.9 Å². The third-order valence-corrected chi connectivity index (χ3v) is 6.81. The zero-order valence-electron chi connectivity index (χ0n) is 17.8. The molecular weight excluding hydrogens is 508 g/mol. The van der Waals surface area contributed by atoms with Crippen molar-refractivity contribution in [2.75, 3.05) is 12.1 Å². The van der Waals surface area contributed by atoms with E-state index in [-0.39, 0.29) is 5.91 Å². The van der Waals surface area contributed by atoms with E-state index in [1.165, 1.54) is 11.8 Å². The van der Waals surface area contributed by atoms with Crippen molar-refractivity contribution in [1.29, 1.82) is 0 Å². The summed E-state index contributed by atoms with van der Waals surface area (Å²) >= 11 is 10.2. The second kappa shape index (κ2) is 9.52. The lowest BCUT2D eigenvalue weighted by molar-refractivity contribution is -0.114. The molecule has 0 N–H and O–H groups in total. The molecule has 1 amide bonds. The summed E-state index contributed by atoms with van der Waals surface area (Å²) in [4.78, 5) is 13.7. The SMILES string of the molecule is COc1cc(/C=C2\SC(=S)N(n3c(C)ccc3C)C2=O)ccc1OCc1ccc(Br)cc1. The van der Waals surface area contributed by atoms with E-state index in [2.05, 4.69) is 15.9 Å². The number of methoxy groups -OCH3 is 1. The predicted octanol–water partition coefficient (Wildman–Crippen LogP) is 5.99. The van der Waals surface area contributed by atoms with E-state index in [1.54, 1.807) is 12.1 Å². The molecular formula is C24H21BrN2O3S2. The van der Waals surface area contributed by atoms with Gasteiger partial charge in [-0.15, -0.1) is 0 Å². The molecule has 32 heavy (non-hydrogen) atoms. The van der Waals surface area contributed by atoms with Crippen molar-refractivity contribution in [3.63, 3.8) is 0 Å². The minimum absolute atomic E-state index is 0.142. The van der Waals surface area contributed by atoms with Crippen LogP contribution in [0.1, 0.15) is 22.5 Å². The van der Waals surface area contributed by atoms with Gasteiger partial charge >= 0.3 is 0 Å². The second-order valence-corrected chi connectivity index (χ2v) is 9.84. The number of amides is 1. The van der Waals surface area contributed by atoms with Gasteiger partial charge in [0.1, 0.15) is 6.61 Å². The minimum atomic E-state index is -0.142. The quantitative estimate of drug-likeness (QED) is 0.290. The first-order valence-corrected chi connectivity index (χ1v) is 11.9. The van der Waals surface area contributed by atoms with E-state index in [4.69, 9.17) is 21.7 Å². The zero-order valence-corrected chi connectivity index (χ0v) is 21.0.